The van der Waals surface area contributed by atoms with Crippen LogP contribution in [-0.4, -0.2) is 18.2 Å². The molecular formula is C7H15O3S. The lowest BCUT2D eigenvalue weighted by Gasteiger charge is -2.10. The molecule has 1 N–H and O–H groups in total. The van der Waals surface area contributed by atoms with Crippen LogP contribution in [0.25, 0.3) is 0 Å². The van der Waals surface area contributed by atoms with Crippen molar-refractivity contribution < 1.29 is 13.0 Å². The van der Waals surface area contributed by atoms with Gasteiger partial charge in [0.25, 0.3) is 10.1 Å². The molecule has 0 saturated carbocycles. The molecule has 1 atom stereocenters. The third-order valence-corrected chi connectivity index (χ3v) is 2.87. The first-order valence-corrected chi connectivity index (χ1v) is 5.28. The van der Waals surface area contributed by atoms with Crippen LogP contribution in [0.4, 0.5) is 0 Å². The largest absolute Gasteiger partial charge is 0.285 e. The molecule has 0 aliphatic heterocycles. The highest BCUT2D eigenvalue weighted by atomic mass is 32.2. The topological polar surface area (TPSA) is 54.4 Å². The second-order valence-corrected chi connectivity index (χ2v) is 4.26. The number of hydrogen-bond acceptors (Lipinski definition) is 2. The number of hydrogen-bond donors (Lipinski definition) is 1. The SMILES string of the molecule is [CH2]CCC(CCC)S(=O)(=O)O. The highest BCUT2D eigenvalue weighted by Crippen LogP contribution is 2.12. The molecule has 0 aromatic carbocycles. The van der Waals surface area contributed by atoms with Gasteiger partial charge >= 0.3 is 0 Å². The summed E-state index contributed by atoms with van der Waals surface area (Å²) in [6.07, 6.45) is 2.29. The van der Waals surface area contributed by atoms with Gasteiger partial charge in [0.2, 0.25) is 0 Å². The first kappa shape index (κ1) is 10.9. The normalized spacial score (nSPS) is 12.4. The van der Waals surface area contributed by atoms with E-state index < -0.39 is 15.4 Å². The summed E-state index contributed by atoms with van der Waals surface area (Å²) in [6.45, 7) is 5.44. The Morgan fingerprint density at radius 2 is 2.00 bits per heavy atom. The second-order valence-electron chi connectivity index (χ2n) is 2.57. The Morgan fingerprint density at radius 1 is 1.45 bits per heavy atom. The van der Waals surface area contributed by atoms with Crippen LogP contribution in [0.15, 0.2) is 0 Å². The van der Waals surface area contributed by atoms with E-state index in [1.165, 1.54) is 0 Å². The zero-order chi connectivity index (χ0) is 8.91. The van der Waals surface area contributed by atoms with Crippen LogP contribution in [0.1, 0.15) is 32.6 Å². The van der Waals surface area contributed by atoms with Crippen LogP contribution in [0.3, 0.4) is 0 Å². The van der Waals surface area contributed by atoms with E-state index in [9.17, 15) is 8.42 Å². The molecule has 67 valence electrons. The van der Waals surface area contributed by atoms with Crippen molar-refractivity contribution in [2.24, 2.45) is 0 Å². The van der Waals surface area contributed by atoms with Gasteiger partial charge in [-0.1, -0.05) is 26.7 Å². The van der Waals surface area contributed by atoms with Gasteiger partial charge < -0.3 is 0 Å². The summed E-state index contributed by atoms with van der Waals surface area (Å²) in [7, 11) is -3.83. The minimum atomic E-state index is -3.83. The van der Waals surface area contributed by atoms with Gasteiger partial charge in [-0.05, 0) is 12.8 Å². The number of rotatable bonds is 5. The van der Waals surface area contributed by atoms with Gasteiger partial charge in [-0.2, -0.15) is 8.42 Å². The molecule has 0 bridgehead atoms. The lowest BCUT2D eigenvalue weighted by Crippen LogP contribution is -2.19. The molecule has 1 radical (unpaired) electrons. The second kappa shape index (κ2) is 4.72. The lowest BCUT2D eigenvalue weighted by atomic mass is 10.2. The van der Waals surface area contributed by atoms with Crippen LogP contribution < -0.4 is 0 Å². The van der Waals surface area contributed by atoms with Crippen molar-refractivity contribution in [1.29, 1.82) is 0 Å². The first-order valence-electron chi connectivity index (χ1n) is 3.78. The molecule has 0 rings (SSSR count). The van der Waals surface area contributed by atoms with Crippen molar-refractivity contribution in [3.8, 4) is 0 Å². The van der Waals surface area contributed by atoms with E-state index in [-0.39, 0.29) is 0 Å². The average Bonchev–Trinajstić information content (AvgIpc) is 1.85. The zero-order valence-corrected chi connectivity index (χ0v) is 7.60. The quantitative estimate of drug-likeness (QED) is 0.653. The molecule has 4 heteroatoms. The summed E-state index contributed by atoms with van der Waals surface area (Å²) in [6, 6.07) is 0. The highest BCUT2D eigenvalue weighted by molar-refractivity contribution is 7.86. The predicted octanol–water partition coefficient (Wildman–Crippen LogP) is 1.66. The van der Waals surface area contributed by atoms with E-state index in [1.54, 1.807) is 0 Å². The molecule has 0 spiro atoms. The van der Waals surface area contributed by atoms with E-state index in [0.717, 1.165) is 6.42 Å². The van der Waals surface area contributed by atoms with Gasteiger partial charge in [0, 0.05) is 0 Å². The van der Waals surface area contributed by atoms with Gasteiger partial charge in [0.15, 0.2) is 0 Å². The fourth-order valence-corrected chi connectivity index (χ4v) is 1.99. The van der Waals surface area contributed by atoms with E-state index in [1.807, 2.05) is 6.92 Å². The molecule has 3 nitrogen and oxygen atoms in total. The van der Waals surface area contributed by atoms with Gasteiger partial charge in [-0.3, -0.25) is 4.55 Å². The monoisotopic (exact) mass is 179 g/mol. The minimum Gasteiger partial charge on any atom is -0.285 e. The summed E-state index contributed by atoms with van der Waals surface area (Å²) in [5.41, 5.74) is 0. The molecule has 0 aliphatic rings. The van der Waals surface area contributed by atoms with Crippen molar-refractivity contribution in [3.63, 3.8) is 0 Å². The first-order chi connectivity index (χ1) is 5.02. The van der Waals surface area contributed by atoms with Crippen molar-refractivity contribution in [2.45, 2.75) is 37.9 Å². The Bertz CT molecular complexity index is 178. The molecule has 0 amide bonds. The third-order valence-electron chi connectivity index (χ3n) is 1.56. The summed E-state index contributed by atoms with van der Waals surface area (Å²) in [4.78, 5) is 0. The molecule has 0 heterocycles. The molecule has 0 saturated heterocycles. The molecule has 0 aromatic heterocycles. The van der Waals surface area contributed by atoms with E-state index in [0.29, 0.717) is 19.3 Å². The average molecular weight is 179 g/mol. The summed E-state index contributed by atoms with van der Waals surface area (Å²) in [5, 5.41) is -0.606. The van der Waals surface area contributed by atoms with Gasteiger partial charge in [0.05, 0.1) is 5.25 Å². The van der Waals surface area contributed by atoms with Crippen LogP contribution in [-0.2, 0) is 10.1 Å². The highest BCUT2D eigenvalue weighted by Gasteiger charge is 2.20. The molecule has 0 fully saturated rings. The summed E-state index contributed by atoms with van der Waals surface area (Å²) in [5.74, 6) is 0. The Morgan fingerprint density at radius 3 is 2.27 bits per heavy atom. The summed E-state index contributed by atoms with van der Waals surface area (Å²) >= 11 is 0. The Hall–Kier alpha value is -0.0900. The fourth-order valence-electron chi connectivity index (χ4n) is 0.992. The lowest BCUT2D eigenvalue weighted by molar-refractivity contribution is 0.455. The maximum absolute atomic E-state index is 10.6. The standard InChI is InChI=1S/C7H15O3S/c1-3-5-7(6-4-2)11(8,9)10/h7H,1,3-6H2,2H3,(H,8,9,10). The van der Waals surface area contributed by atoms with Crippen LogP contribution in [0, 0.1) is 6.92 Å². The minimum absolute atomic E-state index is 0.451. The Balaban J connectivity index is 4.11. The predicted molar refractivity (Wildman–Crippen MR) is 44.8 cm³/mol. The maximum Gasteiger partial charge on any atom is 0.267 e. The van der Waals surface area contributed by atoms with Crippen molar-refractivity contribution in [1.82, 2.24) is 0 Å². The fraction of sp³-hybridized carbons (Fsp3) is 0.857. The molecule has 11 heavy (non-hydrogen) atoms. The molecule has 1 unspecified atom stereocenters. The van der Waals surface area contributed by atoms with E-state index in [4.69, 9.17) is 4.55 Å². The smallest absolute Gasteiger partial charge is 0.267 e. The van der Waals surface area contributed by atoms with Gasteiger partial charge in [-0.25, -0.2) is 0 Å². The van der Waals surface area contributed by atoms with E-state index in [2.05, 4.69) is 6.92 Å². The third kappa shape index (κ3) is 4.37. The zero-order valence-electron chi connectivity index (χ0n) is 6.78. The molecule has 0 aromatic rings. The Labute approximate surface area is 68.6 Å². The Kier molecular flexibility index (Phi) is 4.68. The van der Waals surface area contributed by atoms with Crippen molar-refractivity contribution >= 4 is 10.1 Å². The van der Waals surface area contributed by atoms with E-state index >= 15 is 0 Å². The molecule has 0 aliphatic carbocycles. The maximum atomic E-state index is 10.6. The van der Waals surface area contributed by atoms with Crippen LogP contribution in [0.5, 0.6) is 0 Å². The van der Waals surface area contributed by atoms with Crippen molar-refractivity contribution in [3.05, 3.63) is 6.92 Å². The molecular weight excluding hydrogens is 164 g/mol. The van der Waals surface area contributed by atoms with Gasteiger partial charge in [0.1, 0.15) is 0 Å². The van der Waals surface area contributed by atoms with Crippen LogP contribution >= 0.6 is 0 Å². The van der Waals surface area contributed by atoms with Crippen LogP contribution in [0.2, 0.25) is 0 Å². The van der Waals surface area contributed by atoms with Gasteiger partial charge in [-0.15, -0.1) is 0 Å². The van der Waals surface area contributed by atoms with Crippen molar-refractivity contribution in [2.75, 3.05) is 0 Å². The summed E-state index contributed by atoms with van der Waals surface area (Å²) < 4.78 is 30.0.